The molecule has 1 aromatic carbocycles. The molecule has 0 radical (unpaired) electrons. The maximum atomic E-state index is 11.6. The van der Waals surface area contributed by atoms with Crippen molar-refractivity contribution in [2.75, 3.05) is 0 Å². The Balaban J connectivity index is 2.01. The Kier molecular flexibility index (Phi) is 5.18. The first-order valence-electron chi connectivity index (χ1n) is 7.09. The van der Waals surface area contributed by atoms with E-state index in [9.17, 15) is 9.90 Å². The number of aromatic nitrogens is 1. The van der Waals surface area contributed by atoms with E-state index in [1.807, 2.05) is 35.0 Å². The maximum absolute atomic E-state index is 11.6. The van der Waals surface area contributed by atoms with Crippen LogP contribution in [0.15, 0.2) is 30.5 Å². The Labute approximate surface area is 119 Å². The second kappa shape index (κ2) is 7.10. The molecule has 0 spiro atoms. The molecule has 0 fully saturated rings. The molecule has 108 valence electrons. The predicted molar refractivity (Wildman–Crippen MR) is 78.1 cm³/mol. The first-order valence-corrected chi connectivity index (χ1v) is 7.09. The van der Waals surface area contributed by atoms with Gasteiger partial charge in [0.15, 0.2) is 6.73 Å². The molecule has 0 saturated heterocycles. The standard InChI is InChI=1S/C16H21NO3/c1-2-3-4-9-16(19)20-12-17-10-13(11-18)14-7-5-6-8-15(14)17/h5-8,10,18H,2-4,9,11-12H2,1H3. The van der Waals surface area contributed by atoms with Gasteiger partial charge in [-0.1, -0.05) is 38.0 Å². The van der Waals surface area contributed by atoms with E-state index in [1.165, 1.54) is 0 Å². The molecule has 4 nitrogen and oxygen atoms in total. The molecule has 0 aliphatic carbocycles. The minimum absolute atomic E-state index is 0.0159. The van der Waals surface area contributed by atoms with Crippen LogP contribution in [0.2, 0.25) is 0 Å². The molecular weight excluding hydrogens is 254 g/mol. The van der Waals surface area contributed by atoms with Crippen molar-refractivity contribution in [3.8, 4) is 0 Å². The van der Waals surface area contributed by atoms with Crippen molar-refractivity contribution >= 4 is 16.9 Å². The lowest BCUT2D eigenvalue weighted by Crippen LogP contribution is -2.08. The van der Waals surface area contributed by atoms with E-state index in [4.69, 9.17) is 4.74 Å². The Morgan fingerprint density at radius 1 is 1.30 bits per heavy atom. The number of nitrogens with zero attached hydrogens (tertiary/aromatic N) is 1. The lowest BCUT2D eigenvalue weighted by Gasteiger charge is -2.07. The van der Waals surface area contributed by atoms with Crippen molar-refractivity contribution < 1.29 is 14.6 Å². The van der Waals surface area contributed by atoms with Gasteiger partial charge in [0.2, 0.25) is 0 Å². The van der Waals surface area contributed by atoms with Gasteiger partial charge < -0.3 is 14.4 Å². The van der Waals surface area contributed by atoms with Crippen LogP contribution in [0.3, 0.4) is 0 Å². The van der Waals surface area contributed by atoms with E-state index >= 15 is 0 Å². The highest BCUT2D eigenvalue weighted by Crippen LogP contribution is 2.21. The normalized spacial score (nSPS) is 10.9. The van der Waals surface area contributed by atoms with E-state index in [1.54, 1.807) is 0 Å². The highest BCUT2D eigenvalue weighted by Gasteiger charge is 2.08. The van der Waals surface area contributed by atoms with Gasteiger partial charge >= 0.3 is 5.97 Å². The van der Waals surface area contributed by atoms with Crippen LogP contribution in [0.1, 0.15) is 38.2 Å². The number of para-hydroxylation sites is 1. The number of carbonyl (C=O) groups excluding carboxylic acids is 1. The molecule has 0 aliphatic heterocycles. The topological polar surface area (TPSA) is 51.5 Å². The van der Waals surface area contributed by atoms with Crippen LogP contribution < -0.4 is 0 Å². The summed E-state index contributed by atoms with van der Waals surface area (Å²) in [5, 5.41) is 10.3. The zero-order chi connectivity index (χ0) is 14.4. The van der Waals surface area contributed by atoms with Crippen LogP contribution in [-0.2, 0) is 22.9 Å². The molecule has 0 amide bonds. The summed E-state index contributed by atoms with van der Waals surface area (Å²) in [5.74, 6) is -0.165. The largest absolute Gasteiger partial charge is 0.444 e. The molecule has 0 bridgehead atoms. The number of fused-ring (bicyclic) bond motifs is 1. The molecule has 0 atom stereocenters. The Morgan fingerprint density at radius 2 is 2.10 bits per heavy atom. The van der Waals surface area contributed by atoms with Gasteiger partial charge in [0.05, 0.1) is 12.1 Å². The summed E-state index contributed by atoms with van der Waals surface area (Å²) in [6, 6.07) is 7.78. The molecule has 2 rings (SSSR count). The van der Waals surface area contributed by atoms with Crippen molar-refractivity contribution in [1.29, 1.82) is 0 Å². The summed E-state index contributed by atoms with van der Waals surface area (Å²) in [4.78, 5) is 11.6. The Bertz CT molecular complexity index is 574. The van der Waals surface area contributed by atoms with Crippen molar-refractivity contribution in [3.05, 3.63) is 36.0 Å². The highest BCUT2D eigenvalue weighted by atomic mass is 16.5. The Hall–Kier alpha value is -1.81. The van der Waals surface area contributed by atoms with E-state index in [0.29, 0.717) is 6.42 Å². The number of aliphatic hydroxyl groups excluding tert-OH is 1. The lowest BCUT2D eigenvalue weighted by molar-refractivity contribution is -0.147. The number of carbonyl (C=O) groups is 1. The third-order valence-electron chi connectivity index (χ3n) is 3.39. The van der Waals surface area contributed by atoms with Gasteiger partial charge in [-0.3, -0.25) is 4.79 Å². The second-order valence-corrected chi connectivity index (χ2v) is 4.90. The van der Waals surface area contributed by atoms with Gasteiger partial charge in [-0.15, -0.1) is 0 Å². The maximum Gasteiger partial charge on any atom is 0.307 e. The van der Waals surface area contributed by atoms with E-state index in [-0.39, 0.29) is 19.3 Å². The van der Waals surface area contributed by atoms with E-state index < -0.39 is 0 Å². The van der Waals surface area contributed by atoms with Crippen LogP contribution >= 0.6 is 0 Å². The average molecular weight is 275 g/mol. The zero-order valence-electron chi connectivity index (χ0n) is 11.8. The minimum Gasteiger partial charge on any atom is -0.444 e. The van der Waals surface area contributed by atoms with Gasteiger partial charge in [0.25, 0.3) is 0 Å². The van der Waals surface area contributed by atoms with Gasteiger partial charge in [-0.05, 0) is 12.5 Å². The number of unbranched alkanes of at least 4 members (excludes halogenated alkanes) is 2. The van der Waals surface area contributed by atoms with Crippen LogP contribution in [0.25, 0.3) is 10.9 Å². The molecular formula is C16H21NO3. The molecule has 0 aliphatic rings. The summed E-state index contributed by atoms with van der Waals surface area (Å²) in [6.45, 7) is 2.29. The molecule has 4 heteroatoms. The van der Waals surface area contributed by atoms with Gasteiger partial charge in [0, 0.05) is 23.6 Å². The van der Waals surface area contributed by atoms with Crippen LogP contribution in [0.5, 0.6) is 0 Å². The van der Waals surface area contributed by atoms with Crippen molar-refractivity contribution in [2.24, 2.45) is 0 Å². The van der Waals surface area contributed by atoms with Crippen molar-refractivity contribution in [2.45, 2.75) is 45.9 Å². The van der Waals surface area contributed by atoms with Crippen molar-refractivity contribution in [1.82, 2.24) is 4.57 Å². The van der Waals surface area contributed by atoms with Gasteiger partial charge in [0.1, 0.15) is 0 Å². The third-order valence-corrected chi connectivity index (χ3v) is 3.39. The second-order valence-electron chi connectivity index (χ2n) is 4.90. The molecule has 2 aromatic rings. The molecule has 0 unspecified atom stereocenters. The molecule has 20 heavy (non-hydrogen) atoms. The smallest absolute Gasteiger partial charge is 0.307 e. The predicted octanol–water partition coefficient (Wildman–Crippen LogP) is 3.21. The molecule has 0 saturated carbocycles. The number of rotatable bonds is 7. The van der Waals surface area contributed by atoms with Crippen LogP contribution in [0.4, 0.5) is 0 Å². The minimum atomic E-state index is -0.165. The first kappa shape index (κ1) is 14.6. The highest BCUT2D eigenvalue weighted by molar-refractivity contribution is 5.83. The molecule has 1 heterocycles. The van der Waals surface area contributed by atoms with Gasteiger partial charge in [-0.2, -0.15) is 0 Å². The summed E-state index contributed by atoms with van der Waals surface area (Å²) >= 11 is 0. The first-order chi connectivity index (χ1) is 9.76. The summed E-state index contributed by atoms with van der Waals surface area (Å²) in [7, 11) is 0. The fourth-order valence-electron chi connectivity index (χ4n) is 2.29. The lowest BCUT2D eigenvalue weighted by atomic mass is 10.2. The molecule has 1 aromatic heterocycles. The Morgan fingerprint density at radius 3 is 2.85 bits per heavy atom. The zero-order valence-corrected chi connectivity index (χ0v) is 11.8. The monoisotopic (exact) mass is 275 g/mol. The summed E-state index contributed by atoms with van der Waals surface area (Å²) in [6.07, 6.45) is 5.33. The number of ether oxygens (including phenoxy) is 1. The summed E-state index contributed by atoms with van der Waals surface area (Å²) < 4.78 is 7.14. The number of hydrogen-bond acceptors (Lipinski definition) is 3. The van der Waals surface area contributed by atoms with Crippen LogP contribution in [0, 0.1) is 0 Å². The van der Waals surface area contributed by atoms with E-state index in [2.05, 4.69) is 6.92 Å². The number of aliphatic hydroxyl groups is 1. The fourth-order valence-corrected chi connectivity index (χ4v) is 2.29. The number of benzene rings is 1. The molecule has 1 N–H and O–H groups in total. The van der Waals surface area contributed by atoms with E-state index in [0.717, 1.165) is 35.7 Å². The van der Waals surface area contributed by atoms with Crippen molar-refractivity contribution in [3.63, 3.8) is 0 Å². The number of hydrogen-bond donors (Lipinski definition) is 1. The fraction of sp³-hybridized carbons (Fsp3) is 0.438. The average Bonchev–Trinajstić information content (AvgIpc) is 2.84. The third kappa shape index (κ3) is 3.39. The van der Waals surface area contributed by atoms with Crippen LogP contribution in [-0.4, -0.2) is 15.6 Å². The SMILES string of the molecule is CCCCCC(=O)OCn1cc(CO)c2ccccc21. The number of esters is 1. The summed E-state index contributed by atoms with van der Waals surface area (Å²) in [5.41, 5.74) is 1.82. The quantitative estimate of drug-likeness (QED) is 0.623. The van der Waals surface area contributed by atoms with Gasteiger partial charge in [-0.25, -0.2) is 0 Å².